The van der Waals surface area contributed by atoms with Gasteiger partial charge in [0.1, 0.15) is 5.82 Å². The number of carbonyl (C=O) groups is 1. The van der Waals surface area contributed by atoms with Crippen LogP contribution in [-0.2, 0) is 10.2 Å². The summed E-state index contributed by atoms with van der Waals surface area (Å²) in [6.07, 6.45) is 0. The Morgan fingerprint density at radius 3 is 2.35 bits per heavy atom. The van der Waals surface area contributed by atoms with Crippen molar-refractivity contribution in [1.29, 1.82) is 0 Å². The normalized spacial score (nSPS) is 15.8. The summed E-state index contributed by atoms with van der Waals surface area (Å²) >= 11 is 1.43. The fourth-order valence-corrected chi connectivity index (χ4v) is 3.61. The van der Waals surface area contributed by atoms with Crippen LogP contribution in [0.3, 0.4) is 0 Å². The molecule has 1 aromatic heterocycles. The van der Waals surface area contributed by atoms with Gasteiger partial charge >= 0.3 is 0 Å². The smallest absolute Gasteiger partial charge is 0.232 e. The lowest BCUT2D eigenvalue weighted by molar-refractivity contribution is -0.136. The van der Waals surface area contributed by atoms with Gasteiger partial charge in [-0.25, -0.2) is 4.98 Å². The van der Waals surface area contributed by atoms with Crippen molar-refractivity contribution in [3.8, 4) is 0 Å². The molecule has 122 valence electrons. The molecule has 1 aliphatic rings. The maximum absolute atomic E-state index is 12.9. The predicted octanol–water partition coefficient (Wildman–Crippen LogP) is 2.47. The Balaban J connectivity index is 1.66. The monoisotopic (exact) mass is 330 g/mol. The molecule has 0 unspecified atom stereocenters. The van der Waals surface area contributed by atoms with Crippen LogP contribution in [0.5, 0.6) is 0 Å². The highest BCUT2D eigenvalue weighted by Gasteiger charge is 2.35. The van der Waals surface area contributed by atoms with Crippen LogP contribution in [0.1, 0.15) is 25.2 Å². The predicted molar refractivity (Wildman–Crippen MR) is 92.9 cm³/mol. The summed E-state index contributed by atoms with van der Waals surface area (Å²) in [5.41, 5.74) is 0.565. The second kappa shape index (κ2) is 6.28. The molecule has 0 saturated carbocycles. The molecule has 0 N–H and O–H groups in total. The minimum Gasteiger partial charge on any atom is -0.343 e. The van der Waals surface area contributed by atoms with E-state index < -0.39 is 5.41 Å². The van der Waals surface area contributed by atoms with E-state index in [1.165, 1.54) is 11.5 Å². The molecule has 6 heteroatoms. The minimum absolute atomic E-state index is 0.191. The van der Waals surface area contributed by atoms with E-state index in [9.17, 15) is 4.79 Å². The molecule has 2 aromatic rings. The lowest BCUT2D eigenvalue weighted by Gasteiger charge is -2.38. The van der Waals surface area contributed by atoms with Gasteiger partial charge in [-0.05, 0) is 26.3 Å². The van der Waals surface area contributed by atoms with Gasteiger partial charge in [-0.3, -0.25) is 4.79 Å². The van der Waals surface area contributed by atoms with Crippen LogP contribution in [0.25, 0.3) is 0 Å². The van der Waals surface area contributed by atoms with E-state index in [1.807, 2.05) is 56.0 Å². The summed E-state index contributed by atoms with van der Waals surface area (Å²) in [5, 5.41) is 0.955. The summed E-state index contributed by atoms with van der Waals surface area (Å²) in [5.74, 6) is 1.01. The Bertz CT molecular complexity index is 675. The number of anilines is 1. The van der Waals surface area contributed by atoms with Crippen LogP contribution >= 0.6 is 11.5 Å². The third-order valence-corrected chi connectivity index (χ3v) is 5.25. The van der Waals surface area contributed by atoms with Gasteiger partial charge in [-0.15, -0.1) is 0 Å². The summed E-state index contributed by atoms with van der Waals surface area (Å²) in [6.45, 7) is 9.00. The lowest BCUT2D eigenvalue weighted by atomic mass is 9.83. The standard InChI is InChI=1S/C17H22N4OS/c1-13-18-16(23-19-13)21-11-9-20(10-12-21)15(22)17(2,3)14-7-5-4-6-8-14/h4-8H,9-12H2,1-3H3. The Hall–Kier alpha value is -1.95. The molecule has 0 bridgehead atoms. The molecule has 1 amide bonds. The lowest BCUT2D eigenvalue weighted by Crippen LogP contribution is -2.53. The number of hydrogen-bond donors (Lipinski definition) is 0. The zero-order valence-electron chi connectivity index (χ0n) is 13.8. The van der Waals surface area contributed by atoms with Crippen molar-refractivity contribution < 1.29 is 4.79 Å². The Morgan fingerprint density at radius 1 is 1.13 bits per heavy atom. The molecule has 5 nitrogen and oxygen atoms in total. The van der Waals surface area contributed by atoms with Gasteiger partial charge in [0.05, 0.1) is 5.41 Å². The van der Waals surface area contributed by atoms with E-state index in [2.05, 4.69) is 14.3 Å². The van der Waals surface area contributed by atoms with E-state index >= 15 is 0 Å². The second-order valence-electron chi connectivity index (χ2n) is 6.39. The molecule has 0 atom stereocenters. The molecule has 1 fully saturated rings. The first-order valence-electron chi connectivity index (χ1n) is 7.88. The van der Waals surface area contributed by atoms with Crippen LogP contribution in [0, 0.1) is 6.92 Å². The third-order valence-electron chi connectivity index (χ3n) is 4.38. The molecule has 0 radical (unpaired) electrons. The van der Waals surface area contributed by atoms with Gasteiger partial charge in [-0.1, -0.05) is 30.3 Å². The minimum atomic E-state index is -0.497. The van der Waals surface area contributed by atoms with Gasteiger partial charge in [0.25, 0.3) is 0 Å². The van der Waals surface area contributed by atoms with Crippen molar-refractivity contribution in [2.75, 3.05) is 31.1 Å². The van der Waals surface area contributed by atoms with Gasteiger partial charge < -0.3 is 9.80 Å². The maximum Gasteiger partial charge on any atom is 0.232 e. The molecular formula is C17H22N4OS. The summed E-state index contributed by atoms with van der Waals surface area (Å²) in [4.78, 5) is 21.6. The van der Waals surface area contributed by atoms with Gasteiger partial charge in [0, 0.05) is 37.7 Å². The van der Waals surface area contributed by atoms with Crippen molar-refractivity contribution in [1.82, 2.24) is 14.3 Å². The molecule has 1 aromatic carbocycles. The molecular weight excluding hydrogens is 308 g/mol. The van der Waals surface area contributed by atoms with E-state index in [1.54, 1.807) is 0 Å². The third kappa shape index (κ3) is 3.22. The fraction of sp³-hybridized carbons (Fsp3) is 0.471. The number of piperazine rings is 1. The van der Waals surface area contributed by atoms with Crippen LogP contribution in [0.4, 0.5) is 5.13 Å². The van der Waals surface area contributed by atoms with E-state index in [0.29, 0.717) is 0 Å². The number of nitrogens with zero attached hydrogens (tertiary/aromatic N) is 4. The topological polar surface area (TPSA) is 49.3 Å². The van der Waals surface area contributed by atoms with Crippen LogP contribution < -0.4 is 4.90 Å². The Kier molecular flexibility index (Phi) is 4.35. The van der Waals surface area contributed by atoms with Crippen molar-refractivity contribution in [3.63, 3.8) is 0 Å². The molecule has 23 heavy (non-hydrogen) atoms. The summed E-state index contributed by atoms with van der Waals surface area (Å²) in [7, 11) is 0. The van der Waals surface area contributed by atoms with E-state index in [0.717, 1.165) is 42.7 Å². The first-order valence-corrected chi connectivity index (χ1v) is 8.66. The maximum atomic E-state index is 12.9. The number of amides is 1. The number of hydrogen-bond acceptors (Lipinski definition) is 5. The largest absolute Gasteiger partial charge is 0.343 e. The van der Waals surface area contributed by atoms with Crippen molar-refractivity contribution >= 4 is 22.6 Å². The Labute approximate surface area is 141 Å². The summed E-state index contributed by atoms with van der Waals surface area (Å²) in [6, 6.07) is 10.0. The zero-order chi connectivity index (χ0) is 16.4. The van der Waals surface area contributed by atoms with Crippen molar-refractivity contribution in [2.24, 2.45) is 0 Å². The van der Waals surface area contributed by atoms with Crippen molar-refractivity contribution in [3.05, 3.63) is 41.7 Å². The quantitative estimate of drug-likeness (QED) is 0.867. The first kappa shape index (κ1) is 15.9. The summed E-state index contributed by atoms with van der Waals surface area (Å²) < 4.78 is 4.23. The van der Waals surface area contributed by atoms with Gasteiger partial charge in [0.2, 0.25) is 11.0 Å². The number of rotatable bonds is 3. The number of benzene rings is 1. The molecule has 1 saturated heterocycles. The number of carbonyl (C=O) groups excluding carboxylic acids is 1. The number of aromatic nitrogens is 2. The van der Waals surface area contributed by atoms with Crippen LogP contribution in [0.15, 0.2) is 30.3 Å². The average molecular weight is 330 g/mol. The van der Waals surface area contributed by atoms with Gasteiger partial charge in [0.15, 0.2) is 0 Å². The van der Waals surface area contributed by atoms with Crippen molar-refractivity contribution in [2.45, 2.75) is 26.2 Å². The first-order chi connectivity index (χ1) is 11.0. The Morgan fingerprint density at radius 2 is 1.78 bits per heavy atom. The SMILES string of the molecule is Cc1nsc(N2CCN(C(=O)C(C)(C)c3ccccc3)CC2)n1. The molecule has 3 rings (SSSR count). The van der Waals surface area contributed by atoms with E-state index in [4.69, 9.17) is 0 Å². The second-order valence-corrected chi connectivity index (χ2v) is 7.12. The van der Waals surface area contributed by atoms with Gasteiger partial charge in [-0.2, -0.15) is 4.37 Å². The number of aryl methyl sites for hydroxylation is 1. The highest BCUT2D eigenvalue weighted by atomic mass is 32.1. The molecule has 0 spiro atoms. The van der Waals surface area contributed by atoms with E-state index in [-0.39, 0.29) is 5.91 Å². The fourth-order valence-electron chi connectivity index (χ4n) is 2.89. The highest BCUT2D eigenvalue weighted by molar-refractivity contribution is 7.09. The highest BCUT2D eigenvalue weighted by Crippen LogP contribution is 2.27. The average Bonchev–Trinajstić information content (AvgIpc) is 3.01. The van der Waals surface area contributed by atoms with Crippen LogP contribution in [-0.4, -0.2) is 46.3 Å². The molecule has 2 heterocycles. The zero-order valence-corrected chi connectivity index (χ0v) is 14.6. The van der Waals surface area contributed by atoms with Crippen LogP contribution in [0.2, 0.25) is 0 Å². The molecule has 1 aliphatic heterocycles. The molecule has 0 aliphatic carbocycles.